The van der Waals surface area contributed by atoms with Gasteiger partial charge in [-0.25, -0.2) is 0 Å². The molecule has 0 amide bonds. The van der Waals surface area contributed by atoms with E-state index in [9.17, 15) is 0 Å². The van der Waals surface area contributed by atoms with Crippen LogP contribution in [0.25, 0.3) is 0 Å². The van der Waals surface area contributed by atoms with Gasteiger partial charge in [-0.05, 0) is 43.5 Å². The lowest BCUT2D eigenvalue weighted by atomic mass is 10.1. The minimum Gasteiger partial charge on any atom is -0.493 e. The zero-order valence-electron chi connectivity index (χ0n) is 15.2. The van der Waals surface area contributed by atoms with Gasteiger partial charge in [0.1, 0.15) is 25.8 Å². The van der Waals surface area contributed by atoms with E-state index >= 15 is 0 Å². The summed E-state index contributed by atoms with van der Waals surface area (Å²) in [7, 11) is 1.69. The van der Waals surface area contributed by atoms with E-state index in [1.165, 1.54) is 24.0 Å². The van der Waals surface area contributed by atoms with Crippen LogP contribution >= 0.6 is 0 Å². The fourth-order valence-corrected chi connectivity index (χ4v) is 3.19. The molecule has 1 aliphatic rings. The summed E-state index contributed by atoms with van der Waals surface area (Å²) in [4.78, 5) is 0. The van der Waals surface area contributed by atoms with Crippen molar-refractivity contribution in [2.45, 2.75) is 39.0 Å². The van der Waals surface area contributed by atoms with Crippen LogP contribution in [0.2, 0.25) is 0 Å². The highest BCUT2D eigenvalue weighted by molar-refractivity contribution is 5.43. The molecule has 1 atom stereocenters. The number of benzene rings is 2. The van der Waals surface area contributed by atoms with Crippen LogP contribution in [0.15, 0.2) is 42.5 Å². The largest absolute Gasteiger partial charge is 0.493 e. The van der Waals surface area contributed by atoms with E-state index in [0.717, 1.165) is 36.8 Å². The average Bonchev–Trinajstić information content (AvgIpc) is 3.14. The zero-order valence-corrected chi connectivity index (χ0v) is 15.2. The number of aryl methyl sites for hydroxylation is 1. The Balaban J connectivity index is 1.55. The summed E-state index contributed by atoms with van der Waals surface area (Å²) in [6.07, 6.45) is 2.80. The molecule has 0 radical (unpaired) electrons. The van der Waals surface area contributed by atoms with E-state index in [1.54, 1.807) is 7.11 Å². The Bertz CT molecular complexity index is 681. The number of methoxy groups -OCH3 is 1. The molecule has 134 valence electrons. The van der Waals surface area contributed by atoms with Crippen LogP contribution < -0.4 is 14.8 Å². The Hall–Kier alpha value is -2.04. The maximum absolute atomic E-state index is 5.95. The Morgan fingerprint density at radius 2 is 2.04 bits per heavy atom. The maximum Gasteiger partial charge on any atom is 0.161 e. The standard InChI is InChI=1S/C21H27NO3/c1-16-5-3-6-18(11-16)15-25-20-9-8-17(12-21(20)23-2)13-22-14-19-7-4-10-24-19/h3,5-6,8-9,11-12,19,22H,4,7,10,13-15H2,1-2H3/p+1/t19-/m0/s1. The van der Waals surface area contributed by atoms with Gasteiger partial charge in [-0.2, -0.15) is 0 Å². The molecule has 4 nitrogen and oxygen atoms in total. The molecule has 25 heavy (non-hydrogen) atoms. The summed E-state index contributed by atoms with van der Waals surface area (Å²) in [5.41, 5.74) is 3.64. The third kappa shape index (κ3) is 5.21. The second kappa shape index (κ2) is 8.88. The summed E-state index contributed by atoms with van der Waals surface area (Å²) < 4.78 is 17.1. The SMILES string of the molecule is COc1cc(C[NH2+]C[C@@H]2CCCO2)ccc1OCc1cccc(C)c1. The van der Waals surface area contributed by atoms with Crippen molar-refractivity contribution in [1.82, 2.24) is 0 Å². The second-order valence-corrected chi connectivity index (χ2v) is 6.63. The first-order valence-electron chi connectivity index (χ1n) is 9.03. The van der Waals surface area contributed by atoms with Gasteiger partial charge in [-0.15, -0.1) is 0 Å². The number of nitrogens with two attached hydrogens (primary N) is 1. The minimum absolute atomic E-state index is 0.416. The molecule has 0 unspecified atom stereocenters. The molecule has 3 rings (SSSR count). The summed E-state index contributed by atoms with van der Waals surface area (Å²) in [6.45, 7) is 5.50. The topological polar surface area (TPSA) is 44.3 Å². The van der Waals surface area contributed by atoms with Crippen molar-refractivity contribution in [3.05, 3.63) is 59.2 Å². The lowest BCUT2D eigenvalue weighted by Gasteiger charge is -2.13. The second-order valence-electron chi connectivity index (χ2n) is 6.63. The number of rotatable bonds is 8. The van der Waals surface area contributed by atoms with Crippen LogP contribution in [0.3, 0.4) is 0 Å². The van der Waals surface area contributed by atoms with Crippen LogP contribution in [0.4, 0.5) is 0 Å². The van der Waals surface area contributed by atoms with Gasteiger partial charge in [0.25, 0.3) is 0 Å². The van der Waals surface area contributed by atoms with Gasteiger partial charge in [-0.1, -0.05) is 29.8 Å². The highest BCUT2D eigenvalue weighted by Gasteiger charge is 2.17. The molecular weight excluding hydrogens is 314 g/mol. The van der Waals surface area contributed by atoms with Gasteiger partial charge >= 0.3 is 0 Å². The van der Waals surface area contributed by atoms with Crippen molar-refractivity contribution in [3.63, 3.8) is 0 Å². The molecule has 0 aromatic heterocycles. The lowest BCUT2D eigenvalue weighted by Crippen LogP contribution is -2.84. The molecule has 2 N–H and O–H groups in total. The van der Waals surface area contributed by atoms with Crippen LogP contribution in [-0.4, -0.2) is 26.4 Å². The molecule has 1 fully saturated rings. The van der Waals surface area contributed by atoms with Gasteiger partial charge in [0.15, 0.2) is 11.5 Å². The number of hydrogen-bond donors (Lipinski definition) is 1. The van der Waals surface area contributed by atoms with E-state index in [0.29, 0.717) is 12.7 Å². The predicted molar refractivity (Wildman–Crippen MR) is 98.0 cm³/mol. The Kier molecular flexibility index (Phi) is 6.31. The first kappa shape index (κ1) is 17.8. The minimum atomic E-state index is 0.416. The molecule has 2 aromatic rings. The van der Waals surface area contributed by atoms with E-state index in [4.69, 9.17) is 14.2 Å². The van der Waals surface area contributed by atoms with Crippen molar-refractivity contribution in [2.75, 3.05) is 20.3 Å². The maximum atomic E-state index is 5.95. The molecule has 1 aliphatic heterocycles. The molecule has 2 aromatic carbocycles. The number of ether oxygens (including phenoxy) is 3. The van der Waals surface area contributed by atoms with Gasteiger partial charge < -0.3 is 19.5 Å². The molecule has 0 spiro atoms. The van der Waals surface area contributed by atoms with Crippen LogP contribution in [0, 0.1) is 6.92 Å². The Morgan fingerprint density at radius 3 is 2.80 bits per heavy atom. The van der Waals surface area contributed by atoms with E-state index < -0.39 is 0 Å². The third-order valence-electron chi connectivity index (χ3n) is 4.54. The lowest BCUT2D eigenvalue weighted by molar-refractivity contribution is -0.676. The Morgan fingerprint density at radius 1 is 1.12 bits per heavy atom. The first-order chi connectivity index (χ1) is 12.2. The predicted octanol–water partition coefficient (Wildman–Crippen LogP) is 2.83. The molecule has 0 bridgehead atoms. The molecule has 0 aliphatic carbocycles. The van der Waals surface area contributed by atoms with Crippen molar-refractivity contribution >= 4 is 0 Å². The average molecular weight is 342 g/mol. The molecular formula is C21H28NO3+. The van der Waals surface area contributed by atoms with Crippen LogP contribution in [-0.2, 0) is 17.9 Å². The van der Waals surface area contributed by atoms with Gasteiger partial charge in [0, 0.05) is 12.2 Å². The smallest absolute Gasteiger partial charge is 0.161 e. The van der Waals surface area contributed by atoms with Gasteiger partial charge in [-0.3, -0.25) is 0 Å². The summed E-state index contributed by atoms with van der Waals surface area (Å²) in [5, 5.41) is 2.30. The molecule has 1 saturated heterocycles. The van der Waals surface area contributed by atoms with Gasteiger partial charge in [0.05, 0.1) is 7.11 Å². The zero-order chi connectivity index (χ0) is 17.5. The monoisotopic (exact) mass is 342 g/mol. The number of hydrogen-bond acceptors (Lipinski definition) is 3. The van der Waals surface area contributed by atoms with Crippen molar-refractivity contribution < 1.29 is 19.5 Å². The third-order valence-corrected chi connectivity index (χ3v) is 4.54. The van der Waals surface area contributed by atoms with E-state index in [1.807, 2.05) is 6.07 Å². The van der Waals surface area contributed by atoms with Crippen molar-refractivity contribution in [1.29, 1.82) is 0 Å². The van der Waals surface area contributed by atoms with Crippen molar-refractivity contribution in [3.8, 4) is 11.5 Å². The highest BCUT2D eigenvalue weighted by atomic mass is 16.5. The fraction of sp³-hybridized carbons (Fsp3) is 0.429. The highest BCUT2D eigenvalue weighted by Crippen LogP contribution is 2.28. The summed E-state index contributed by atoms with van der Waals surface area (Å²) in [5.74, 6) is 1.57. The quantitative estimate of drug-likeness (QED) is 0.802. The normalized spacial score (nSPS) is 16.8. The molecule has 4 heteroatoms. The van der Waals surface area contributed by atoms with E-state index in [2.05, 4.69) is 48.6 Å². The molecule has 1 heterocycles. The first-order valence-corrected chi connectivity index (χ1v) is 9.03. The van der Waals surface area contributed by atoms with Crippen LogP contribution in [0.5, 0.6) is 11.5 Å². The summed E-state index contributed by atoms with van der Waals surface area (Å²) >= 11 is 0. The Labute approximate surface area is 150 Å². The molecule has 0 saturated carbocycles. The summed E-state index contributed by atoms with van der Waals surface area (Å²) in [6, 6.07) is 14.5. The van der Waals surface area contributed by atoms with Gasteiger partial charge in [0.2, 0.25) is 0 Å². The van der Waals surface area contributed by atoms with Crippen molar-refractivity contribution in [2.24, 2.45) is 0 Å². The number of quaternary nitrogens is 1. The fourth-order valence-electron chi connectivity index (χ4n) is 3.19. The van der Waals surface area contributed by atoms with E-state index in [-0.39, 0.29) is 0 Å². The van der Waals surface area contributed by atoms with Crippen LogP contribution in [0.1, 0.15) is 29.5 Å².